The van der Waals surface area contributed by atoms with Crippen LogP contribution >= 0.6 is 0 Å². The Morgan fingerprint density at radius 2 is 1.43 bits per heavy atom. The molecule has 14 heavy (non-hydrogen) atoms. The van der Waals surface area contributed by atoms with Gasteiger partial charge < -0.3 is 8.85 Å². The molecular formula is C11H26O2Si. The standard InChI is InChI=1S/C11H26O2Si/c1-7-12-14(6,13-8-2)10-9-11(3,4)5/h7-10H2,1-6H3. The fraction of sp³-hybridized carbons (Fsp3) is 1.00. The van der Waals surface area contributed by atoms with Gasteiger partial charge in [-0.1, -0.05) is 20.8 Å². The van der Waals surface area contributed by atoms with Gasteiger partial charge >= 0.3 is 8.56 Å². The second-order valence-corrected chi connectivity index (χ2v) is 8.41. The predicted molar refractivity (Wildman–Crippen MR) is 63.7 cm³/mol. The van der Waals surface area contributed by atoms with E-state index in [-0.39, 0.29) is 0 Å². The highest BCUT2D eigenvalue weighted by Gasteiger charge is 2.31. The molecule has 3 heteroatoms. The van der Waals surface area contributed by atoms with Crippen LogP contribution < -0.4 is 0 Å². The lowest BCUT2D eigenvalue weighted by Crippen LogP contribution is -2.39. The van der Waals surface area contributed by atoms with Crippen molar-refractivity contribution in [3.05, 3.63) is 0 Å². The number of hydrogen-bond donors (Lipinski definition) is 0. The maximum atomic E-state index is 5.78. The van der Waals surface area contributed by atoms with Gasteiger partial charge in [-0.05, 0) is 38.3 Å². The van der Waals surface area contributed by atoms with E-state index in [1.807, 2.05) is 13.8 Å². The van der Waals surface area contributed by atoms with Crippen molar-refractivity contribution in [2.45, 2.75) is 53.6 Å². The first kappa shape index (κ1) is 14.1. The molecule has 0 atom stereocenters. The molecule has 86 valence electrons. The van der Waals surface area contributed by atoms with Gasteiger partial charge in [0.15, 0.2) is 0 Å². The maximum Gasteiger partial charge on any atom is 0.334 e. The fourth-order valence-corrected chi connectivity index (χ4v) is 4.20. The van der Waals surface area contributed by atoms with E-state index in [0.29, 0.717) is 5.41 Å². The average Bonchev–Trinajstić information content (AvgIpc) is 2.01. The molecule has 0 rings (SSSR count). The molecule has 0 unspecified atom stereocenters. The lowest BCUT2D eigenvalue weighted by atomic mass is 9.94. The summed E-state index contributed by atoms with van der Waals surface area (Å²) in [6.45, 7) is 14.6. The van der Waals surface area contributed by atoms with E-state index >= 15 is 0 Å². The van der Waals surface area contributed by atoms with Crippen molar-refractivity contribution < 1.29 is 8.85 Å². The zero-order chi connectivity index (χ0) is 11.2. The van der Waals surface area contributed by atoms with Crippen molar-refractivity contribution in [1.82, 2.24) is 0 Å². The minimum Gasteiger partial charge on any atom is -0.395 e. The molecule has 0 radical (unpaired) electrons. The van der Waals surface area contributed by atoms with Crippen LogP contribution in [0.25, 0.3) is 0 Å². The fourth-order valence-electron chi connectivity index (χ4n) is 1.40. The van der Waals surface area contributed by atoms with Crippen LogP contribution in [-0.2, 0) is 8.85 Å². The molecule has 0 aliphatic carbocycles. The predicted octanol–water partition coefficient (Wildman–Crippen LogP) is 3.57. The third-order valence-corrected chi connectivity index (χ3v) is 5.19. The molecule has 0 amide bonds. The van der Waals surface area contributed by atoms with Crippen LogP contribution in [0.2, 0.25) is 12.6 Å². The summed E-state index contributed by atoms with van der Waals surface area (Å²) in [4.78, 5) is 0. The van der Waals surface area contributed by atoms with Crippen molar-refractivity contribution >= 4 is 8.56 Å². The molecule has 0 aromatic heterocycles. The highest BCUT2D eigenvalue weighted by molar-refractivity contribution is 6.66. The second-order valence-electron chi connectivity index (χ2n) is 5.06. The first-order chi connectivity index (χ1) is 6.33. The topological polar surface area (TPSA) is 18.5 Å². The van der Waals surface area contributed by atoms with Crippen LogP contribution in [0.3, 0.4) is 0 Å². The molecule has 0 aromatic carbocycles. The van der Waals surface area contributed by atoms with Crippen LogP contribution in [0.5, 0.6) is 0 Å². The first-order valence-electron chi connectivity index (χ1n) is 5.61. The Hall–Kier alpha value is 0.137. The summed E-state index contributed by atoms with van der Waals surface area (Å²) in [5.41, 5.74) is 0.377. The Kier molecular flexibility index (Phi) is 5.94. The normalized spacial score (nSPS) is 13.3. The van der Waals surface area contributed by atoms with Crippen molar-refractivity contribution in [3.8, 4) is 0 Å². The quantitative estimate of drug-likeness (QED) is 0.635. The lowest BCUT2D eigenvalue weighted by molar-refractivity contribution is 0.183. The Balaban J connectivity index is 4.08. The molecule has 0 heterocycles. The molecule has 0 bridgehead atoms. The van der Waals surface area contributed by atoms with Crippen molar-refractivity contribution in [2.75, 3.05) is 13.2 Å². The minimum atomic E-state index is -1.86. The van der Waals surface area contributed by atoms with Gasteiger partial charge in [-0.15, -0.1) is 0 Å². The molecule has 2 nitrogen and oxygen atoms in total. The molecule has 0 fully saturated rings. The van der Waals surface area contributed by atoms with Crippen LogP contribution in [0.1, 0.15) is 41.0 Å². The van der Waals surface area contributed by atoms with E-state index < -0.39 is 8.56 Å². The van der Waals surface area contributed by atoms with Crippen LogP contribution in [0.15, 0.2) is 0 Å². The lowest BCUT2D eigenvalue weighted by Gasteiger charge is -2.29. The van der Waals surface area contributed by atoms with E-state index in [2.05, 4.69) is 27.3 Å². The van der Waals surface area contributed by atoms with Crippen LogP contribution in [0.4, 0.5) is 0 Å². The Morgan fingerprint density at radius 1 is 1.00 bits per heavy atom. The van der Waals surface area contributed by atoms with Gasteiger partial charge in [0, 0.05) is 13.2 Å². The summed E-state index contributed by atoms with van der Waals surface area (Å²) < 4.78 is 11.6. The van der Waals surface area contributed by atoms with E-state index in [9.17, 15) is 0 Å². The maximum absolute atomic E-state index is 5.78. The second kappa shape index (κ2) is 5.88. The van der Waals surface area contributed by atoms with Gasteiger partial charge in [0.1, 0.15) is 0 Å². The summed E-state index contributed by atoms with van der Waals surface area (Å²) in [6, 6.07) is 1.10. The van der Waals surface area contributed by atoms with Crippen LogP contribution in [0, 0.1) is 5.41 Å². The van der Waals surface area contributed by atoms with Crippen molar-refractivity contribution in [2.24, 2.45) is 5.41 Å². The Labute approximate surface area is 90.2 Å². The molecule has 0 aliphatic heterocycles. The Morgan fingerprint density at radius 3 is 1.71 bits per heavy atom. The molecular weight excluding hydrogens is 192 g/mol. The zero-order valence-electron chi connectivity index (χ0n) is 10.6. The first-order valence-corrected chi connectivity index (χ1v) is 8.13. The zero-order valence-corrected chi connectivity index (χ0v) is 11.6. The third-order valence-electron chi connectivity index (χ3n) is 2.23. The van der Waals surface area contributed by atoms with Gasteiger partial charge in [-0.2, -0.15) is 0 Å². The largest absolute Gasteiger partial charge is 0.395 e. The van der Waals surface area contributed by atoms with Crippen molar-refractivity contribution in [1.29, 1.82) is 0 Å². The summed E-state index contributed by atoms with van der Waals surface area (Å²) in [5.74, 6) is 0. The number of rotatable bonds is 6. The molecule has 0 aromatic rings. The monoisotopic (exact) mass is 218 g/mol. The highest BCUT2D eigenvalue weighted by atomic mass is 28.4. The summed E-state index contributed by atoms with van der Waals surface area (Å²) in [5, 5.41) is 0. The van der Waals surface area contributed by atoms with E-state index in [1.165, 1.54) is 6.42 Å². The van der Waals surface area contributed by atoms with Gasteiger partial charge in [0.05, 0.1) is 0 Å². The SMILES string of the molecule is CCO[Si](C)(CCC(C)(C)C)OCC. The third kappa shape index (κ3) is 6.57. The molecule has 0 spiro atoms. The highest BCUT2D eigenvalue weighted by Crippen LogP contribution is 2.26. The summed E-state index contributed by atoms with van der Waals surface area (Å²) in [6.07, 6.45) is 1.18. The van der Waals surface area contributed by atoms with Crippen molar-refractivity contribution in [3.63, 3.8) is 0 Å². The molecule has 0 saturated carbocycles. The van der Waals surface area contributed by atoms with Gasteiger partial charge in [0.25, 0.3) is 0 Å². The smallest absolute Gasteiger partial charge is 0.334 e. The number of hydrogen-bond acceptors (Lipinski definition) is 2. The van der Waals surface area contributed by atoms with E-state index in [4.69, 9.17) is 8.85 Å². The Bertz CT molecular complexity index is 146. The van der Waals surface area contributed by atoms with Crippen LogP contribution in [-0.4, -0.2) is 21.8 Å². The van der Waals surface area contributed by atoms with Gasteiger partial charge in [-0.3, -0.25) is 0 Å². The summed E-state index contributed by atoms with van der Waals surface area (Å²) in [7, 11) is -1.86. The van der Waals surface area contributed by atoms with Gasteiger partial charge in [-0.25, -0.2) is 0 Å². The molecule has 0 N–H and O–H groups in total. The van der Waals surface area contributed by atoms with E-state index in [1.54, 1.807) is 0 Å². The van der Waals surface area contributed by atoms with E-state index in [0.717, 1.165) is 19.3 Å². The molecule has 0 saturated heterocycles. The molecule has 0 aliphatic rings. The average molecular weight is 218 g/mol. The van der Waals surface area contributed by atoms with Gasteiger partial charge in [0.2, 0.25) is 0 Å². The minimum absolute atomic E-state index is 0.377. The summed E-state index contributed by atoms with van der Waals surface area (Å²) >= 11 is 0.